The van der Waals surface area contributed by atoms with Crippen molar-refractivity contribution in [1.82, 2.24) is 5.32 Å². The fraction of sp³-hybridized carbons (Fsp3) is 1.00. The lowest BCUT2D eigenvalue weighted by Gasteiger charge is -2.22. The molecule has 1 N–H and O–H groups in total. The first-order chi connectivity index (χ1) is 6.96. The molecule has 2 unspecified atom stereocenters. The molecule has 0 fully saturated rings. The SMILES string of the molecule is CCS(=O)(=O)CCCC(NC)C(C)OC. The zero-order chi connectivity index (χ0) is 11.9. The maximum absolute atomic E-state index is 11.3. The molecule has 0 aromatic heterocycles. The van der Waals surface area contributed by atoms with E-state index < -0.39 is 9.84 Å². The minimum Gasteiger partial charge on any atom is -0.380 e. The van der Waals surface area contributed by atoms with Crippen molar-refractivity contribution in [3.8, 4) is 0 Å². The van der Waals surface area contributed by atoms with Gasteiger partial charge in [-0.1, -0.05) is 6.92 Å². The number of likely N-dealkylation sites (N-methyl/N-ethyl adjacent to an activating group) is 1. The Morgan fingerprint density at radius 2 is 2.00 bits per heavy atom. The highest BCUT2D eigenvalue weighted by Crippen LogP contribution is 2.06. The quantitative estimate of drug-likeness (QED) is 0.679. The highest BCUT2D eigenvalue weighted by Gasteiger charge is 2.15. The van der Waals surface area contributed by atoms with Crippen LogP contribution in [0.15, 0.2) is 0 Å². The van der Waals surface area contributed by atoms with Gasteiger partial charge in [-0.2, -0.15) is 0 Å². The molecule has 0 spiro atoms. The molecule has 0 aliphatic heterocycles. The number of sulfone groups is 1. The van der Waals surface area contributed by atoms with Crippen molar-refractivity contribution >= 4 is 9.84 Å². The van der Waals surface area contributed by atoms with Gasteiger partial charge in [-0.05, 0) is 26.8 Å². The average Bonchev–Trinajstić information content (AvgIpc) is 2.23. The van der Waals surface area contributed by atoms with E-state index in [1.165, 1.54) is 0 Å². The largest absolute Gasteiger partial charge is 0.380 e. The summed E-state index contributed by atoms with van der Waals surface area (Å²) in [6.45, 7) is 3.66. The fourth-order valence-corrected chi connectivity index (χ4v) is 2.34. The van der Waals surface area contributed by atoms with Crippen molar-refractivity contribution in [3.05, 3.63) is 0 Å². The van der Waals surface area contributed by atoms with Gasteiger partial charge in [0, 0.05) is 18.9 Å². The Balaban J connectivity index is 3.93. The molecule has 0 aliphatic rings. The normalized spacial score (nSPS) is 16.3. The van der Waals surface area contributed by atoms with Gasteiger partial charge in [-0.25, -0.2) is 8.42 Å². The van der Waals surface area contributed by atoms with E-state index in [1.807, 2.05) is 14.0 Å². The highest BCUT2D eigenvalue weighted by molar-refractivity contribution is 7.91. The van der Waals surface area contributed by atoms with E-state index in [0.29, 0.717) is 6.42 Å². The predicted octanol–water partition coefficient (Wildman–Crippen LogP) is 0.824. The second-order valence-electron chi connectivity index (χ2n) is 3.71. The Morgan fingerprint density at radius 3 is 2.40 bits per heavy atom. The van der Waals surface area contributed by atoms with Crippen LogP contribution in [0.2, 0.25) is 0 Å². The van der Waals surface area contributed by atoms with Crippen LogP contribution in [0.5, 0.6) is 0 Å². The van der Waals surface area contributed by atoms with Gasteiger partial charge in [0.25, 0.3) is 0 Å². The van der Waals surface area contributed by atoms with Crippen LogP contribution >= 0.6 is 0 Å². The smallest absolute Gasteiger partial charge is 0.150 e. The first-order valence-corrected chi connectivity index (χ1v) is 7.19. The molecule has 0 heterocycles. The van der Waals surface area contributed by atoms with Gasteiger partial charge in [0.15, 0.2) is 0 Å². The number of nitrogens with one attached hydrogen (secondary N) is 1. The number of rotatable bonds is 8. The molecule has 0 rings (SSSR count). The molecule has 0 saturated carbocycles. The molecule has 92 valence electrons. The van der Waals surface area contributed by atoms with Crippen molar-refractivity contribution in [2.24, 2.45) is 0 Å². The number of hydrogen-bond donors (Lipinski definition) is 1. The predicted molar refractivity (Wildman–Crippen MR) is 62.9 cm³/mol. The third kappa shape index (κ3) is 6.12. The van der Waals surface area contributed by atoms with Crippen molar-refractivity contribution in [2.45, 2.75) is 38.8 Å². The lowest BCUT2D eigenvalue weighted by molar-refractivity contribution is 0.0826. The van der Waals surface area contributed by atoms with Crippen LogP contribution in [0.3, 0.4) is 0 Å². The van der Waals surface area contributed by atoms with Crippen molar-refractivity contribution in [2.75, 3.05) is 25.7 Å². The van der Waals surface area contributed by atoms with Gasteiger partial charge in [0.1, 0.15) is 9.84 Å². The third-order valence-electron chi connectivity index (χ3n) is 2.72. The maximum atomic E-state index is 11.3. The topological polar surface area (TPSA) is 55.4 Å². The summed E-state index contributed by atoms with van der Waals surface area (Å²) in [6, 6.07) is 0.224. The molecular weight excluding hydrogens is 214 g/mol. The molecule has 0 amide bonds. The molecular formula is C10H23NO3S. The Bertz CT molecular complexity index is 251. The van der Waals surface area contributed by atoms with Gasteiger partial charge < -0.3 is 10.1 Å². The Labute approximate surface area is 93.3 Å². The average molecular weight is 237 g/mol. The summed E-state index contributed by atoms with van der Waals surface area (Å²) in [4.78, 5) is 0. The Hall–Kier alpha value is -0.130. The molecule has 0 bridgehead atoms. The first kappa shape index (κ1) is 14.9. The van der Waals surface area contributed by atoms with Crippen molar-refractivity contribution < 1.29 is 13.2 Å². The van der Waals surface area contributed by atoms with Crippen LogP contribution in [0.4, 0.5) is 0 Å². The summed E-state index contributed by atoms with van der Waals surface area (Å²) in [5.41, 5.74) is 0. The molecule has 0 aromatic rings. The molecule has 0 radical (unpaired) electrons. The number of methoxy groups -OCH3 is 1. The molecule has 4 nitrogen and oxygen atoms in total. The number of ether oxygens (including phenoxy) is 1. The summed E-state index contributed by atoms with van der Waals surface area (Å²) < 4.78 is 27.7. The lowest BCUT2D eigenvalue weighted by Crippen LogP contribution is -2.37. The monoisotopic (exact) mass is 237 g/mol. The maximum Gasteiger partial charge on any atom is 0.150 e. The van der Waals surface area contributed by atoms with E-state index in [9.17, 15) is 8.42 Å². The second kappa shape index (κ2) is 7.19. The molecule has 0 aliphatic carbocycles. The van der Waals surface area contributed by atoms with E-state index in [-0.39, 0.29) is 23.7 Å². The van der Waals surface area contributed by atoms with Crippen LogP contribution in [0, 0.1) is 0 Å². The summed E-state index contributed by atoms with van der Waals surface area (Å²) in [5, 5.41) is 3.14. The van der Waals surface area contributed by atoms with Gasteiger partial charge in [-0.15, -0.1) is 0 Å². The number of hydrogen-bond acceptors (Lipinski definition) is 4. The summed E-state index contributed by atoms with van der Waals surface area (Å²) in [7, 11) is 0.710. The Morgan fingerprint density at radius 1 is 1.40 bits per heavy atom. The zero-order valence-corrected chi connectivity index (χ0v) is 10.9. The van der Waals surface area contributed by atoms with Crippen molar-refractivity contribution in [1.29, 1.82) is 0 Å². The van der Waals surface area contributed by atoms with Crippen molar-refractivity contribution in [3.63, 3.8) is 0 Å². The third-order valence-corrected chi connectivity index (χ3v) is 4.51. The van der Waals surface area contributed by atoms with E-state index >= 15 is 0 Å². The van der Waals surface area contributed by atoms with E-state index in [2.05, 4.69) is 5.32 Å². The van der Waals surface area contributed by atoms with Crippen LogP contribution in [0.25, 0.3) is 0 Å². The first-order valence-electron chi connectivity index (χ1n) is 5.37. The minimum atomic E-state index is -2.82. The zero-order valence-electron chi connectivity index (χ0n) is 10.1. The fourth-order valence-electron chi connectivity index (χ4n) is 1.45. The molecule has 0 saturated heterocycles. The van der Waals surface area contributed by atoms with Gasteiger partial charge in [0.05, 0.1) is 11.9 Å². The van der Waals surface area contributed by atoms with Gasteiger partial charge >= 0.3 is 0 Å². The van der Waals surface area contributed by atoms with Gasteiger partial charge in [-0.3, -0.25) is 0 Å². The Kier molecular flexibility index (Phi) is 7.13. The summed E-state index contributed by atoms with van der Waals surface area (Å²) in [6.07, 6.45) is 1.62. The minimum absolute atomic E-state index is 0.110. The molecule has 15 heavy (non-hydrogen) atoms. The highest BCUT2D eigenvalue weighted by atomic mass is 32.2. The summed E-state index contributed by atoms with van der Waals surface area (Å²) in [5.74, 6) is 0.509. The lowest BCUT2D eigenvalue weighted by atomic mass is 10.1. The van der Waals surface area contributed by atoms with E-state index in [1.54, 1.807) is 14.0 Å². The molecule has 2 atom stereocenters. The van der Waals surface area contributed by atoms with Crippen LogP contribution in [-0.4, -0.2) is 46.2 Å². The van der Waals surface area contributed by atoms with Gasteiger partial charge in [0.2, 0.25) is 0 Å². The van der Waals surface area contributed by atoms with E-state index in [4.69, 9.17) is 4.74 Å². The second-order valence-corrected chi connectivity index (χ2v) is 6.19. The standard InChI is InChI=1S/C10H23NO3S/c1-5-15(12,13)8-6-7-10(11-3)9(2)14-4/h9-11H,5-8H2,1-4H3. The van der Waals surface area contributed by atoms with Crippen LogP contribution < -0.4 is 5.32 Å². The van der Waals surface area contributed by atoms with E-state index in [0.717, 1.165) is 6.42 Å². The molecule has 5 heteroatoms. The van der Waals surface area contributed by atoms with Crippen LogP contribution in [-0.2, 0) is 14.6 Å². The molecule has 0 aromatic carbocycles. The van der Waals surface area contributed by atoms with Crippen LogP contribution in [0.1, 0.15) is 26.7 Å². The summed E-state index contributed by atoms with van der Waals surface area (Å²) >= 11 is 0.